The van der Waals surface area contributed by atoms with E-state index in [1.54, 1.807) is 0 Å². The van der Waals surface area contributed by atoms with Gasteiger partial charge in [0.25, 0.3) is 0 Å². The highest BCUT2D eigenvalue weighted by molar-refractivity contribution is 4.83. The first-order valence-electron chi connectivity index (χ1n) is 6.71. The summed E-state index contributed by atoms with van der Waals surface area (Å²) < 4.78 is 0. The first-order chi connectivity index (χ1) is 7.41. The van der Waals surface area contributed by atoms with E-state index in [0.29, 0.717) is 0 Å². The lowest BCUT2D eigenvalue weighted by Crippen LogP contribution is -1.74. The molecular weight excluding hydrogens is 180 g/mol. The van der Waals surface area contributed by atoms with Gasteiger partial charge in [0.1, 0.15) is 0 Å². The van der Waals surface area contributed by atoms with E-state index in [1.807, 2.05) is 0 Å². The Kier molecular flexibility index (Phi) is 13.0. The van der Waals surface area contributed by atoms with E-state index >= 15 is 0 Å². The van der Waals surface area contributed by atoms with Crippen LogP contribution in [0.4, 0.5) is 0 Å². The summed E-state index contributed by atoms with van der Waals surface area (Å²) in [5.41, 5.74) is 0. The first-order valence-corrected chi connectivity index (χ1v) is 6.71. The molecule has 0 aliphatic heterocycles. The minimum atomic E-state index is 1.18. The van der Waals surface area contributed by atoms with Crippen LogP contribution < -0.4 is 0 Å². The molecule has 0 aromatic carbocycles. The van der Waals surface area contributed by atoms with Gasteiger partial charge in [-0.25, -0.2) is 0 Å². The maximum absolute atomic E-state index is 2.36. The molecule has 0 aliphatic carbocycles. The normalized spacial score (nSPS) is 11.9. The smallest absolute Gasteiger partial charge is 0.0351 e. The maximum atomic E-state index is 2.36. The van der Waals surface area contributed by atoms with E-state index in [2.05, 4.69) is 38.2 Å². The zero-order valence-corrected chi connectivity index (χ0v) is 10.7. The highest BCUT2D eigenvalue weighted by atomic mass is 13.9. The van der Waals surface area contributed by atoms with Crippen molar-refractivity contribution in [3.05, 3.63) is 24.3 Å². The molecule has 0 nitrogen and oxygen atoms in total. The summed E-state index contributed by atoms with van der Waals surface area (Å²) in [6, 6.07) is 0. The highest BCUT2D eigenvalue weighted by Gasteiger charge is 1.84. The molecule has 0 fully saturated rings. The SMILES string of the molecule is CC/C=C\CCCC/C=C\CCCCC. The summed E-state index contributed by atoms with van der Waals surface area (Å²) in [5.74, 6) is 0. The van der Waals surface area contributed by atoms with Crippen LogP contribution in [0.25, 0.3) is 0 Å². The molecule has 0 aromatic rings. The Hall–Kier alpha value is -0.520. The van der Waals surface area contributed by atoms with Crippen LogP contribution in [0.2, 0.25) is 0 Å². The first kappa shape index (κ1) is 14.5. The summed E-state index contributed by atoms with van der Waals surface area (Å²) >= 11 is 0. The van der Waals surface area contributed by atoms with Crippen LogP contribution >= 0.6 is 0 Å². The second-order valence-corrected chi connectivity index (χ2v) is 4.13. The van der Waals surface area contributed by atoms with E-state index in [9.17, 15) is 0 Å². The zero-order chi connectivity index (χ0) is 11.2. The third-order valence-corrected chi connectivity index (χ3v) is 2.53. The molecule has 0 bridgehead atoms. The third kappa shape index (κ3) is 13.5. The number of hydrogen-bond donors (Lipinski definition) is 0. The topological polar surface area (TPSA) is 0 Å². The van der Waals surface area contributed by atoms with Gasteiger partial charge in [-0.1, -0.05) is 51.0 Å². The van der Waals surface area contributed by atoms with Crippen LogP contribution in [-0.4, -0.2) is 0 Å². The van der Waals surface area contributed by atoms with E-state index in [1.165, 1.54) is 57.8 Å². The van der Waals surface area contributed by atoms with Gasteiger partial charge in [-0.3, -0.25) is 0 Å². The fourth-order valence-electron chi connectivity index (χ4n) is 1.56. The molecule has 0 aromatic heterocycles. The Balaban J connectivity index is 3.06. The van der Waals surface area contributed by atoms with Crippen molar-refractivity contribution in [2.75, 3.05) is 0 Å². The van der Waals surface area contributed by atoms with Gasteiger partial charge in [0, 0.05) is 0 Å². The van der Waals surface area contributed by atoms with Crippen LogP contribution in [0, 0.1) is 0 Å². The fourth-order valence-corrected chi connectivity index (χ4v) is 1.56. The molecule has 15 heavy (non-hydrogen) atoms. The molecule has 0 heteroatoms. The van der Waals surface area contributed by atoms with Crippen molar-refractivity contribution in [3.8, 4) is 0 Å². The van der Waals surface area contributed by atoms with Gasteiger partial charge < -0.3 is 0 Å². The molecule has 0 saturated carbocycles. The van der Waals surface area contributed by atoms with Crippen LogP contribution in [0.5, 0.6) is 0 Å². The zero-order valence-electron chi connectivity index (χ0n) is 10.7. The van der Waals surface area contributed by atoms with Gasteiger partial charge in [0.2, 0.25) is 0 Å². The molecule has 0 unspecified atom stereocenters. The number of allylic oxidation sites excluding steroid dienone is 4. The summed E-state index contributed by atoms with van der Waals surface area (Å²) in [5, 5.41) is 0. The Morgan fingerprint density at radius 3 is 1.53 bits per heavy atom. The molecule has 0 atom stereocenters. The highest BCUT2D eigenvalue weighted by Crippen LogP contribution is 2.04. The second kappa shape index (κ2) is 13.5. The molecule has 0 N–H and O–H groups in total. The lowest BCUT2D eigenvalue weighted by atomic mass is 10.1. The molecule has 88 valence electrons. The van der Waals surface area contributed by atoms with E-state index in [0.717, 1.165) is 0 Å². The molecule has 0 amide bonds. The lowest BCUT2D eigenvalue weighted by molar-refractivity contribution is 0.723. The van der Waals surface area contributed by atoms with Gasteiger partial charge in [0.15, 0.2) is 0 Å². The van der Waals surface area contributed by atoms with E-state index < -0.39 is 0 Å². The van der Waals surface area contributed by atoms with Gasteiger partial charge >= 0.3 is 0 Å². The van der Waals surface area contributed by atoms with Gasteiger partial charge in [-0.05, 0) is 44.9 Å². The van der Waals surface area contributed by atoms with Gasteiger partial charge in [-0.15, -0.1) is 0 Å². The summed E-state index contributed by atoms with van der Waals surface area (Å²) in [4.78, 5) is 0. The lowest BCUT2D eigenvalue weighted by Gasteiger charge is -1.94. The van der Waals surface area contributed by atoms with Crippen molar-refractivity contribution >= 4 is 0 Å². The second-order valence-electron chi connectivity index (χ2n) is 4.13. The Bertz CT molecular complexity index is 153. The van der Waals surface area contributed by atoms with Crippen LogP contribution in [0.1, 0.15) is 71.6 Å². The summed E-state index contributed by atoms with van der Waals surface area (Å²) in [6.45, 7) is 4.45. The third-order valence-electron chi connectivity index (χ3n) is 2.53. The largest absolute Gasteiger partial charge is 0.0888 e. The average Bonchev–Trinajstić information content (AvgIpc) is 2.26. The Labute approximate surface area is 96.5 Å². The number of unbranched alkanes of at least 4 members (excludes halogenated alkanes) is 6. The molecule has 0 saturated heterocycles. The van der Waals surface area contributed by atoms with Crippen molar-refractivity contribution in [1.29, 1.82) is 0 Å². The summed E-state index contributed by atoms with van der Waals surface area (Å²) in [6.07, 6.45) is 21.1. The van der Waals surface area contributed by atoms with Crippen LogP contribution in [0.3, 0.4) is 0 Å². The predicted molar refractivity (Wildman–Crippen MR) is 71.2 cm³/mol. The Morgan fingerprint density at radius 1 is 0.600 bits per heavy atom. The van der Waals surface area contributed by atoms with E-state index in [4.69, 9.17) is 0 Å². The number of rotatable bonds is 10. The summed E-state index contributed by atoms with van der Waals surface area (Å²) in [7, 11) is 0. The fraction of sp³-hybridized carbons (Fsp3) is 0.733. The van der Waals surface area contributed by atoms with Crippen molar-refractivity contribution in [3.63, 3.8) is 0 Å². The van der Waals surface area contributed by atoms with Gasteiger partial charge in [-0.2, -0.15) is 0 Å². The van der Waals surface area contributed by atoms with Gasteiger partial charge in [0.05, 0.1) is 0 Å². The van der Waals surface area contributed by atoms with Crippen molar-refractivity contribution in [2.24, 2.45) is 0 Å². The van der Waals surface area contributed by atoms with Crippen molar-refractivity contribution < 1.29 is 0 Å². The standard InChI is InChI=1S/C15H28/c1-3-5-7-9-11-13-15-14-12-10-8-6-4-2/h5,7,12,14H,3-4,6,8-11,13,15H2,1-2H3/b7-5-,14-12-. The average molecular weight is 208 g/mol. The van der Waals surface area contributed by atoms with Crippen molar-refractivity contribution in [1.82, 2.24) is 0 Å². The van der Waals surface area contributed by atoms with E-state index in [-0.39, 0.29) is 0 Å². The van der Waals surface area contributed by atoms with Crippen LogP contribution in [0.15, 0.2) is 24.3 Å². The number of hydrogen-bond acceptors (Lipinski definition) is 0. The van der Waals surface area contributed by atoms with Crippen molar-refractivity contribution in [2.45, 2.75) is 71.6 Å². The quantitative estimate of drug-likeness (QED) is 0.321. The minimum absolute atomic E-state index is 1.18. The Morgan fingerprint density at radius 2 is 1.07 bits per heavy atom. The minimum Gasteiger partial charge on any atom is -0.0888 e. The monoisotopic (exact) mass is 208 g/mol. The molecule has 0 radical (unpaired) electrons. The molecule has 0 spiro atoms. The predicted octanol–water partition coefficient (Wildman–Crippen LogP) is 5.65. The maximum Gasteiger partial charge on any atom is -0.0351 e. The molecule has 0 heterocycles. The van der Waals surface area contributed by atoms with Crippen LogP contribution in [-0.2, 0) is 0 Å². The molecule has 0 rings (SSSR count). The molecular formula is C15H28. The molecule has 0 aliphatic rings.